The summed E-state index contributed by atoms with van der Waals surface area (Å²) in [6.07, 6.45) is 1.00. The molecular formula is C6H11NO2. The Balaban J connectivity index is 2.32. The SMILES string of the molecule is CC[C@@H]1CNCC(=O)O1. The molecule has 0 amide bonds. The molecule has 1 fully saturated rings. The summed E-state index contributed by atoms with van der Waals surface area (Å²) in [4.78, 5) is 10.5. The van der Waals surface area contributed by atoms with E-state index in [2.05, 4.69) is 5.32 Å². The minimum Gasteiger partial charge on any atom is -0.460 e. The van der Waals surface area contributed by atoms with Crippen molar-refractivity contribution in [3.05, 3.63) is 0 Å². The standard InChI is InChI=1S/C6H11NO2/c1-2-5-3-7-4-6(8)9-5/h5,7H,2-4H2,1H3/t5-/m1/s1. The summed E-state index contributed by atoms with van der Waals surface area (Å²) >= 11 is 0. The van der Waals surface area contributed by atoms with Gasteiger partial charge in [0.1, 0.15) is 6.10 Å². The predicted molar refractivity (Wildman–Crippen MR) is 33.0 cm³/mol. The Morgan fingerprint density at radius 2 is 2.67 bits per heavy atom. The molecule has 1 N–H and O–H groups in total. The van der Waals surface area contributed by atoms with Gasteiger partial charge in [0.15, 0.2) is 0 Å². The fraction of sp³-hybridized carbons (Fsp3) is 0.833. The first kappa shape index (κ1) is 6.55. The lowest BCUT2D eigenvalue weighted by atomic mass is 10.2. The number of esters is 1. The van der Waals surface area contributed by atoms with Gasteiger partial charge in [0.2, 0.25) is 0 Å². The summed E-state index contributed by atoms with van der Waals surface area (Å²) in [5.41, 5.74) is 0. The fourth-order valence-corrected chi connectivity index (χ4v) is 0.832. The second-order valence-electron chi connectivity index (χ2n) is 2.15. The highest BCUT2D eigenvalue weighted by Gasteiger charge is 2.16. The van der Waals surface area contributed by atoms with Crippen molar-refractivity contribution in [2.45, 2.75) is 19.4 Å². The number of nitrogens with one attached hydrogen (secondary N) is 1. The van der Waals surface area contributed by atoms with E-state index in [0.29, 0.717) is 6.54 Å². The van der Waals surface area contributed by atoms with E-state index >= 15 is 0 Å². The number of ether oxygens (including phenoxy) is 1. The first-order valence-corrected chi connectivity index (χ1v) is 3.23. The molecule has 1 aliphatic rings. The van der Waals surface area contributed by atoms with Gasteiger partial charge in [-0.1, -0.05) is 6.92 Å². The van der Waals surface area contributed by atoms with Gasteiger partial charge in [-0.2, -0.15) is 0 Å². The van der Waals surface area contributed by atoms with Gasteiger partial charge in [-0.05, 0) is 6.42 Å². The molecule has 0 spiro atoms. The van der Waals surface area contributed by atoms with Crippen LogP contribution in [-0.4, -0.2) is 25.2 Å². The molecule has 0 aromatic carbocycles. The van der Waals surface area contributed by atoms with Crippen molar-refractivity contribution in [1.29, 1.82) is 0 Å². The quantitative estimate of drug-likeness (QED) is 0.503. The number of hydrogen-bond donors (Lipinski definition) is 1. The molecule has 9 heavy (non-hydrogen) atoms. The zero-order chi connectivity index (χ0) is 6.69. The average Bonchev–Trinajstić information content (AvgIpc) is 1.88. The monoisotopic (exact) mass is 129 g/mol. The molecule has 1 aliphatic heterocycles. The normalized spacial score (nSPS) is 27.7. The van der Waals surface area contributed by atoms with E-state index in [0.717, 1.165) is 13.0 Å². The topological polar surface area (TPSA) is 38.3 Å². The van der Waals surface area contributed by atoms with Crippen molar-refractivity contribution in [2.24, 2.45) is 0 Å². The Hall–Kier alpha value is -0.570. The highest BCUT2D eigenvalue weighted by Crippen LogP contribution is 1.99. The van der Waals surface area contributed by atoms with E-state index < -0.39 is 0 Å². The maximum absolute atomic E-state index is 10.5. The Bertz CT molecular complexity index is 114. The van der Waals surface area contributed by atoms with Gasteiger partial charge in [0.05, 0.1) is 6.54 Å². The molecule has 0 aromatic rings. The second-order valence-corrected chi connectivity index (χ2v) is 2.15. The van der Waals surface area contributed by atoms with E-state index in [-0.39, 0.29) is 12.1 Å². The van der Waals surface area contributed by atoms with E-state index in [1.54, 1.807) is 0 Å². The van der Waals surface area contributed by atoms with Crippen molar-refractivity contribution in [3.8, 4) is 0 Å². The molecule has 0 saturated carbocycles. The van der Waals surface area contributed by atoms with Crippen molar-refractivity contribution >= 4 is 5.97 Å². The molecule has 1 rings (SSSR count). The van der Waals surface area contributed by atoms with Crippen LogP contribution in [0.2, 0.25) is 0 Å². The lowest BCUT2D eigenvalue weighted by Gasteiger charge is -2.21. The van der Waals surface area contributed by atoms with Crippen LogP contribution in [0.1, 0.15) is 13.3 Å². The van der Waals surface area contributed by atoms with Gasteiger partial charge in [-0.3, -0.25) is 4.79 Å². The third kappa shape index (κ3) is 1.68. The van der Waals surface area contributed by atoms with Crippen LogP contribution in [0.3, 0.4) is 0 Å². The van der Waals surface area contributed by atoms with Crippen LogP contribution in [0.25, 0.3) is 0 Å². The molecule has 1 saturated heterocycles. The van der Waals surface area contributed by atoms with Crippen LogP contribution < -0.4 is 5.32 Å². The minimum atomic E-state index is -0.131. The van der Waals surface area contributed by atoms with Crippen LogP contribution in [0.5, 0.6) is 0 Å². The molecule has 0 unspecified atom stereocenters. The maximum atomic E-state index is 10.5. The fourth-order valence-electron chi connectivity index (χ4n) is 0.832. The molecular weight excluding hydrogens is 118 g/mol. The van der Waals surface area contributed by atoms with Crippen LogP contribution >= 0.6 is 0 Å². The molecule has 0 aromatic heterocycles. The number of hydrogen-bond acceptors (Lipinski definition) is 3. The summed E-state index contributed by atoms with van der Waals surface area (Å²) < 4.78 is 4.93. The number of carbonyl (C=O) groups excluding carboxylic acids is 1. The molecule has 1 atom stereocenters. The third-order valence-electron chi connectivity index (χ3n) is 1.39. The Morgan fingerprint density at radius 3 is 3.11 bits per heavy atom. The molecule has 0 radical (unpaired) electrons. The van der Waals surface area contributed by atoms with E-state index in [1.165, 1.54) is 0 Å². The number of morpholine rings is 1. The van der Waals surface area contributed by atoms with E-state index in [9.17, 15) is 4.79 Å². The molecule has 0 aliphatic carbocycles. The third-order valence-corrected chi connectivity index (χ3v) is 1.39. The first-order valence-electron chi connectivity index (χ1n) is 3.23. The smallest absolute Gasteiger partial charge is 0.320 e. The predicted octanol–water partition coefficient (Wildman–Crippen LogP) is -0.0886. The van der Waals surface area contributed by atoms with Crippen LogP contribution in [-0.2, 0) is 9.53 Å². The van der Waals surface area contributed by atoms with Gasteiger partial charge in [-0.25, -0.2) is 0 Å². The highest BCUT2D eigenvalue weighted by atomic mass is 16.5. The zero-order valence-corrected chi connectivity index (χ0v) is 5.52. The van der Waals surface area contributed by atoms with Crippen molar-refractivity contribution in [3.63, 3.8) is 0 Å². The van der Waals surface area contributed by atoms with Gasteiger partial charge in [0, 0.05) is 6.54 Å². The molecule has 3 nitrogen and oxygen atoms in total. The average molecular weight is 129 g/mol. The van der Waals surface area contributed by atoms with Crippen molar-refractivity contribution in [1.82, 2.24) is 5.32 Å². The summed E-state index contributed by atoms with van der Waals surface area (Å²) in [6.45, 7) is 3.18. The molecule has 3 heteroatoms. The molecule has 0 bridgehead atoms. The number of cyclic esters (lactones) is 1. The van der Waals surface area contributed by atoms with Gasteiger partial charge in [-0.15, -0.1) is 0 Å². The minimum absolute atomic E-state index is 0.103. The van der Waals surface area contributed by atoms with Crippen LogP contribution in [0.15, 0.2) is 0 Å². The van der Waals surface area contributed by atoms with Crippen molar-refractivity contribution in [2.75, 3.05) is 13.1 Å². The lowest BCUT2D eigenvalue weighted by molar-refractivity contribution is -0.151. The van der Waals surface area contributed by atoms with Gasteiger partial charge < -0.3 is 10.1 Å². The summed E-state index contributed by atoms with van der Waals surface area (Å²) in [5, 5.41) is 2.96. The maximum Gasteiger partial charge on any atom is 0.320 e. The largest absolute Gasteiger partial charge is 0.460 e. The molecule has 1 heterocycles. The summed E-state index contributed by atoms with van der Waals surface area (Å²) in [6, 6.07) is 0. The number of rotatable bonds is 1. The van der Waals surface area contributed by atoms with Crippen LogP contribution in [0, 0.1) is 0 Å². The van der Waals surface area contributed by atoms with Gasteiger partial charge >= 0.3 is 5.97 Å². The van der Waals surface area contributed by atoms with E-state index in [1.807, 2.05) is 6.92 Å². The Kier molecular flexibility index (Phi) is 2.05. The first-order chi connectivity index (χ1) is 4.33. The van der Waals surface area contributed by atoms with Gasteiger partial charge in [0.25, 0.3) is 0 Å². The lowest BCUT2D eigenvalue weighted by Crippen LogP contribution is -2.41. The second kappa shape index (κ2) is 2.82. The van der Waals surface area contributed by atoms with Crippen LogP contribution in [0.4, 0.5) is 0 Å². The zero-order valence-electron chi connectivity index (χ0n) is 5.52. The molecule has 52 valence electrons. The van der Waals surface area contributed by atoms with Crippen molar-refractivity contribution < 1.29 is 9.53 Å². The highest BCUT2D eigenvalue weighted by molar-refractivity contribution is 5.72. The van der Waals surface area contributed by atoms with E-state index in [4.69, 9.17) is 4.74 Å². The summed E-state index contributed by atoms with van der Waals surface area (Å²) in [7, 11) is 0. The summed E-state index contributed by atoms with van der Waals surface area (Å²) in [5.74, 6) is -0.131. The number of carbonyl (C=O) groups is 1. The Labute approximate surface area is 54.4 Å². The Morgan fingerprint density at radius 1 is 1.89 bits per heavy atom.